The van der Waals surface area contributed by atoms with E-state index in [1.807, 2.05) is 12.1 Å². The average molecular weight is 425 g/mol. The van der Waals surface area contributed by atoms with Crippen LogP contribution in [-0.4, -0.2) is 52.8 Å². The summed E-state index contributed by atoms with van der Waals surface area (Å²) in [4.78, 5) is 25.4. The van der Waals surface area contributed by atoms with E-state index in [1.165, 1.54) is 11.8 Å². The number of rotatable bonds is 5. The van der Waals surface area contributed by atoms with Gasteiger partial charge in [-0.15, -0.1) is 0 Å². The summed E-state index contributed by atoms with van der Waals surface area (Å²) in [6, 6.07) is 3.81. The van der Waals surface area contributed by atoms with Gasteiger partial charge in [-0.05, 0) is 24.6 Å². The first-order valence-corrected chi connectivity index (χ1v) is 9.55. The Morgan fingerprint density at radius 3 is 2.35 bits per heavy atom. The van der Waals surface area contributed by atoms with E-state index in [4.69, 9.17) is 14.2 Å². The molecule has 0 fully saturated rings. The van der Waals surface area contributed by atoms with E-state index in [0.29, 0.717) is 29.3 Å². The third-order valence-electron chi connectivity index (χ3n) is 5.43. The molecule has 31 heavy (non-hydrogen) atoms. The van der Waals surface area contributed by atoms with Gasteiger partial charge in [0.15, 0.2) is 22.9 Å². The normalized spacial score (nSPS) is 11.7. The minimum Gasteiger partial charge on any atom is -0.493 e. The van der Waals surface area contributed by atoms with Crippen LogP contribution in [0.4, 0.5) is 5.69 Å². The van der Waals surface area contributed by atoms with Gasteiger partial charge in [0, 0.05) is 31.6 Å². The van der Waals surface area contributed by atoms with E-state index >= 15 is 0 Å². The SMILES string of the molecule is COC(=O)c1c(NC(=O)c2nn(C)c3c2Cc2cc(OC)c(OC)cc2-3)c(C)nn1C. The second-order valence-corrected chi connectivity index (χ2v) is 7.22. The van der Waals surface area contributed by atoms with Crippen LogP contribution in [0.5, 0.6) is 11.5 Å². The smallest absolute Gasteiger partial charge is 0.358 e. The Morgan fingerprint density at radius 1 is 1.03 bits per heavy atom. The van der Waals surface area contributed by atoms with E-state index in [2.05, 4.69) is 15.5 Å². The number of carbonyl (C=O) groups is 2. The molecule has 10 heteroatoms. The largest absolute Gasteiger partial charge is 0.493 e. The van der Waals surface area contributed by atoms with Gasteiger partial charge >= 0.3 is 5.97 Å². The second kappa shape index (κ2) is 7.46. The molecular weight excluding hydrogens is 402 g/mol. The number of aromatic nitrogens is 4. The lowest BCUT2D eigenvalue weighted by molar-refractivity contribution is 0.0589. The van der Waals surface area contributed by atoms with Crippen molar-refractivity contribution >= 4 is 17.6 Å². The number of nitrogens with zero attached hydrogens (tertiary/aromatic N) is 4. The quantitative estimate of drug-likeness (QED) is 0.488. The van der Waals surface area contributed by atoms with Gasteiger partial charge in [-0.25, -0.2) is 4.79 Å². The van der Waals surface area contributed by atoms with Crippen molar-refractivity contribution in [1.29, 1.82) is 0 Å². The van der Waals surface area contributed by atoms with Crippen molar-refractivity contribution in [3.05, 3.63) is 40.3 Å². The Balaban J connectivity index is 1.73. The fourth-order valence-corrected chi connectivity index (χ4v) is 4.04. The fraction of sp³-hybridized carbons (Fsp3) is 0.333. The summed E-state index contributed by atoms with van der Waals surface area (Å²) in [5.74, 6) is 0.220. The summed E-state index contributed by atoms with van der Waals surface area (Å²) >= 11 is 0. The predicted molar refractivity (Wildman–Crippen MR) is 112 cm³/mol. The van der Waals surface area contributed by atoms with Gasteiger partial charge in [0.1, 0.15) is 0 Å². The zero-order valence-electron chi connectivity index (χ0n) is 18.2. The van der Waals surface area contributed by atoms with Gasteiger partial charge in [-0.2, -0.15) is 10.2 Å². The molecule has 1 aliphatic carbocycles. The number of carbonyl (C=O) groups excluding carboxylic acids is 2. The summed E-state index contributed by atoms with van der Waals surface area (Å²) in [6.45, 7) is 1.71. The molecule has 1 aromatic carbocycles. The molecule has 10 nitrogen and oxygen atoms in total. The standard InChI is InChI=1S/C21H23N5O5/c1-10-16(19(21(28)31-6)26(3)23-10)22-20(27)17-13-7-11-8-14(29-4)15(30-5)9-12(11)18(13)25(2)24-17/h8-9H,7H2,1-6H3,(H,22,27). The molecule has 4 rings (SSSR count). The monoisotopic (exact) mass is 425 g/mol. The van der Waals surface area contributed by atoms with Gasteiger partial charge in [0.25, 0.3) is 5.91 Å². The number of methoxy groups -OCH3 is 3. The molecule has 0 saturated carbocycles. The summed E-state index contributed by atoms with van der Waals surface area (Å²) in [5, 5.41) is 11.5. The molecule has 3 aromatic rings. The van der Waals surface area contributed by atoms with E-state index < -0.39 is 11.9 Å². The van der Waals surface area contributed by atoms with Crippen LogP contribution in [0.2, 0.25) is 0 Å². The number of nitrogens with one attached hydrogen (secondary N) is 1. The molecule has 0 atom stereocenters. The Bertz CT molecular complexity index is 1220. The molecule has 0 aliphatic heterocycles. The third kappa shape index (κ3) is 3.11. The number of hydrogen-bond acceptors (Lipinski definition) is 7. The van der Waals surface area contributed by atoms with Crippen molar-refractivity contribution in [3.8, 4) is 22.8 Å². The zero-order chi connectivity index (χ0) is 22.4. The number of ether oxygens (including phenoxy) is 3. The molecule has 1 amide bonds. The second-order valence-electron chi connectivity index (χ2n) is 7.22. The van der Waals surface area contributed by atoms with Crippen LogP contribution >= 0.6 is 0 Å². The number of esters is 1. The van der Waals surface area contributed by atoms with Crippen molar-refractivity contribution in [1.82, 2.24) is 19.6 Å². The lowest BCUT2D eigenvalue weighted by Crippen LogP contribution is -2.18. The van der Waals surface area contributed by atoms with Crippen molar-refractivity contribution in [3.63, 3.8) is 0 Å². The Kier molecular flexibility index (Phi) is 4.92. The van der Waals surface area contributed by atoms with Crippen molar-refractivity contribution in [2.75, 3.05) is 26.6 Å². The van der Waals surface area contributed by atoms with E-state index in [-0.39, 0.29) is 11.4 Å². The minimum atomic E-state index is -0.587. The number of hydrogen-bond donors (Lipinski definition) is 1. The van der Waals surface area contributed by atoms with Crippen LogP contribution in [0.1, 0.15) is 37.8 Å². The van der Waals surface area contributed by atoms with Gasteiger partial charge in [-0.1, -0.05) is 0 Å². The molecule has 2 heterocycles. The van der Waals surface area contributed by atoms with Crippen LogP contribution in [0, 0.1) is 6.92 Å². The van der Waals surface area contributed by atoms with Crippen LogP contribution < -0.4 is 14.8 Å². The molecule has 0 spiro atoms. The van der Waals surface area contributed by atoms with E-state index in [9.17, 15) is 9.59 Å². The maximum absolute atomic E-state index is 13.2. The van der Waals surface area contributed by atoms with E-state index in [0.717, 1.165) is 22.4 Å². The summed E-state index contributed by atoms with van der Waals surface area (Å²) in [7, 11) is 7.85. The van der Waals surface area contributed by atoms with Crippen molar-refractivity contribution in [2.24, 2.45) is 14.1 Å². The molecule has 0 saturated heterocycles. The first kappa shape index (κ1) is 20.5. The topological polar surface area (TPSA) is 110 Å². The number of anilines is 1. The predicted octanol–water partition coefficient (Wildman–Crippen LogP) is 2.09. The number of fused-ring (bicyclic) bond motifs is 3. The highest BCUT2D eigenvalue weighted by Crippen LogP contribution is 2.43. The maximum atomic E-state index is 13.2. The van der Waals surface area contributed by atoms with Crippen LogP contribution in [-0.2, 0) is 25.3 Å². The third-order valence-corrected chi connectivity index (χ3v) is 5.43. The summed E-state index contributed by atoms with van der Waals surface area (Å²) in [5.41, 5.74) is 4.85. The molecule has 1 N–H and O–H groups in total. The van der Waals surface area contributed by atoms with E-state index in [1.54, 1.807) is 39.9 Å². The molecule has 0 bridgehead atoms. The van der Waals surface area contributed by atoms with Gasteiger partial charge in [0.2, 0.25) is 0 Å². The van der Waals surface area contributed by atoms with Crippen molar-refractivity contribution < 1.29 is 23.8 Å². The highest BCUT2D eigenvalue weighted by Gasteiger charge is 2.32. The maximum Gasteiger partial charge on any atom is 0.358 e. The van der Waals surface area contributed by atoms with Crippen LogP contribution in [0.3, 0.4) is 0 Å². The molecule has 162 valence electrons. The molecular formula is C21H23N5O5. The number of benzene rings is 1. The molecule has 0 unspecified atom stereocenters. The van der Waals surface area contributed by atoms with Gasteiger partial charge in [0.05, 0.1) is 38.4 Å². The molecule has 0 radical (unpaired) electrons. The van der Waals surface area contributed by atoms with Crippen LogP contribution in [0.25, 0.3) is 11.3 Å². The van der Waals surface area contributed by atoms with Gasteiger partial charge in [-0.3, -0.25) is 14.2 Å². The molecule has 2 aromatic heterocycles. The summed E-state index contributed by atoms with van der Waals surface area (Å²) in [6.07, 6.45) is 0.525. The first-order chi connectivity index (χ1) is 14.8. The Morgan fingerprint density at radius 2 is 1.71 bits per heavy atom. The summed E-state index contributed by atoms with van der Waals surface area (Å²) < 4.78 is 18.7. The van der Waals surface area contributed by atoms with Crippen LogP contribution in [0.15, 0.2) is 12.1 Å². The van der Waals surface area contributed by atoms with Gasteiger partial charge < -0.3 is 19.5 Å². The first-order valence-electron chi connectivity index (χ1n) is 9.55. The fourth-order valence-electron chi connectivity index (χ4n) is 4.04. The molecule has 1 aliphatic rings. The highest BCUT2D eigenvalue weighted by atomic mass is 16.5. The Hall–Kier alpha value is -3.82. The number of aryl methyl sites for hydroxylation is 3. The average Bonchev–Trinajstić information content (AvgIpc) is 3.37. The zero-order valence-corrected chi connectivity index (χ0v) is 18.2. The highest BCUT2D eigenvalue weighted by molar-refractivity contribution is 6.09. The lowest BCUT2D eigenvalue weighted by Gasteiger charge is -2.11. The van der Waals surface area contributed by atoms with Crippen molar-refractivity contribution in [2.45, 2.75) is 13.3 Å². The lowest BCUT2D eigenvalue weighted by atomic mass is 10.1. The minimum absolute atomic E-state index is 0.165. The Labute approximate surface area is 178 Å². The number of amides is 1.